The summed E-state index contributed by atoms with van der Waals surface area (Å²) in [5.74, 6) is -0.196. The third-order valence-corrected chi connectivity index (χ3v) is 4.77. The third-order valence-electron chi connectivity index (χ3n) is 4.52. The standard InChI is InChI=1S/C22H23ClN4O3/c1-14-12-20(27(3)26-14)21(28)24-15(2)17-6-10-19(11-7-17)25-22(29)30-13-16-4-8-18(23)9-5-16/h4-12,15H,13H2,1-3H3,(H,24,28)(H,25,29)/t15-/m0/s1. The second kappa shape index (κ2) is 9.45. The van der Waals surface area contributed by atoms with E-state index in [0.29, 0.717) is 16.4 Å². The van der Waals surface area contributed by atoms with Gasteiger partial charge in [-0.05, 0) is 55.3 Å². The van der Waals surface area contributed by atoms with Crippen LogP contribution < -0.4 is 10.6 Å². The summed E-state index contributed by atoms with van der Waals surface area (Å²) in [6, 6.07) is 15.8. The average Bonchev–Trinajstić information content (AvgIpc) is 3.06. The normalized spacial score (nSPS) is 11.6. The molecule has 8 heteroatoms. The van der Waals surface area contributed by atoms with Gasteiger partial charge in [-0.25, -0.2) is 4.79 Å². The van der Waals surface area contributed by atoms with Gasteiger partial charge in [0, 0.05) is 17.8 Å². The zero-order valence-corrected chi connectivity index (χ0v) is 17.7. The zero-order valence-electron chi connectivity index (χ0n) is 17.0. The molecule has 2 aromatic carbocycles. The van der Waals surface area contributed by atoms with E-state index in [2.05, 4.69) is 15.7 Å². The number of carbonyl (C=O) groups is 2. The number of anilines is 1. The number of nitrogens with one attached hydrogen (secondary N) is 2. The highest BCUT2D eigenvalue weighted by Crippen LogP contribution is 2.17. The number of benzene rings is 2. The first-order chi connectivity index (χ1) is 14.3. The van der Waals surface area contributed by atoms with E-state index in [1.54, 1.807) is 54.2 Å². The molecular weight excluding hydrogens is 404 g/mol. The van der Waals surface area contributed by atoms with Gasteiger partial charge in [0.1, 0.15) is 12.3 Å². The zero-order chi connectivity index (χ0) is 21.7. The molecule has 0 saturated carbocycles. The van der Waals surface area contributed by atoms with Crippen molar-refractivity contribution in [3.8, 4) is 0 Å². The lowest BCUT2D eigenvalue weighted by Gasteiger charge is -2.15. The van der Waals surface area contributed by atoms with Gasteiger partial charge in [-0.2, -0.15) is 5.10 Å². The van der Waals surface area contributed by atoms with Crippen molar-refractivity contribution in [2.75, 3.05) is 5.32 Å². The molecule has 2 N–H and O–H groups in total. The largest absolute Gasteiger partial charge is 0.444 e. The number of aromatic nitrogens is 2. The number of nitrogens with zero attached hydrogens (tertiary/aromatic N) is 2. The lowest BCUT2D eigenvalue weighted by molar-refractivity contribution is 0.0930. The Hall–Kier alpha value is -3.32. The molecule has 1 atom stereocenters. The smallest absolute Gasteiger partial charge is 0.411 e. The van der Waals surface area contributed by atoms with Crippen LogP contribution in [-0.2, 0) is 18.4 Å². The number of halogens is 1. The van der Waals surface area contributed by atoms with E-state index in [0.717, 1.165) is 16.8 Å². The number of aryl methyl sites for hydroxylation is 2. The fraction of sp³-hybridized carbons (Fsp3) is 0.227. The van der Waals surface area contributed by atoms with Gasteiger partial charge in [0.25, 0.3) is 5.91 Å². The number of rotatable bonds is 6. The van der Waals surface area contributed by atoms with E-state index in [1.165, 1.54) is 0 Å². The molecule has 0 aliphatic heterocycles. The van der Waals surface area contributed by atoms with Crippen molar-refractivity contribution in [1.82, 2.24) is 15.1 Å². The molecule has 0 fully saturated rings. The molecular formula is C22H23ClN4O3. The van der Waals surface area contributed by atoms with Crippen molar-refractivity contribution < 1.29 is 14.3 Å². The van der Waals surface area contributed by atoms with Gasteiger partial charge >= 0.3 is 6.09 Å². The lowest BCUT2D eigenvalue weighted by atomic mass is 10.1. The van der Waals surface area contributed by atoms with Gasteiger partial charge in [0.05, 0.1) is 11.7 Å². The van der Waals surface area contributed by atoms with Crippen LogP contribution in [0.2, 0.25) is 5.02 Å². The van der Waals surface area contributed by atoms with E-state index in [4.69, 9.17) is 16.3 Å². The van der Waals surface area contributed by atoms with Gasteiger partial charge < -0.3 is 10.1 Å². The molecule has 0 unspecified atom stereocenters. The van der Waals surface area contributed by atoms with Crippen molar-refractivity contribution in [3.63, 3.8) is 0 Å². The first-order valence-electron chi connectivity index (χ1n) is 9.41. The summed E-state index contributed by atoms with van der Waals surface area (Å²) in [4.78, 5) is 24.4. The Bertz CT molecular complexity index is 1030. The molecule has 2 amide bonds. The minimum atomic E-state index is -0.550. The predicted molar refractivity (Wildman–Crippen MR) is 116 cm³/mol. The van der Waals surface area contributed by atoms with Crippen LogP contribution >= 0.6 is 11.6 Å². The molecule has 1 aromatic heterocycles. The fourth-order valence-electron chi connectivity index (χ4n) is 2.92. The molecule has 0 aliphatic carbocycles. The van der Waals surface area contributed by atoms with Gasteiger partial charge in [-0.1, -0.05) is 35.9 Å². The second-order valence-electron chi connectivity index (χ2n) is 6.94. The van der Waals surface area contributed by atoms with E-state index < -0.39 is 6.09 Å². The molecule has 1 heterocycles. The minimum absolute atomic E-state index is 0.150. The van der Waals surface area contributed by atoms with Gasteiger partial charge in [-0.15, -0.1) is 0 Å². The molecule has 0 aliphatic rings. The monoisotopic (exact) mass is 426 g/mol. The van der Waals surface area contributed by atoms with Gasteiger partial charge in [-0.3, -0.25) is 14.8 Å². The highest BCUT2D eigenvalue weighted by molar-refractivity contribution is 6.30. The van der Waals surface area contributed by atoms with Crippen LogP contribution in [0.25, 0.3) is 0 Å². The summed E-state index contributed by atoms with van der Waals surface area (Å²) in [7, 11) is 1.74. The molecule has 30 heavy (non-hydrogen) atoms. The molecule has 156 valence electrons. The summed E-state index contributed by atoms with van der Waals surface area (Å²) < 4.78 is 6.76. The van der Waals surface area contributed by atoms with Crippen molar-refractivity contribution in [2.45, 2.75) is 26.5 Å². The summed E-state index contributed by atoms with van der Waals surface area (Å²) in [5.41, 5.74) is 3.63. The first kappa shape index (κ1) is 21.4. The first-order valence-corrected chi connectivity index (χ1v) is 9.79. The van der Waals surface area contributed by atoms with E-state index in [1.807, 2.05) is 26.0 Å². The number of hydrogen-bond donors (Lipinski definition) is 2. The molecule has 0 spiro atoms. The number of ether oxygens (including phenoxy) is 1. The van der Waals surface area contributed by atoms with Gasteiger partial charge in [0.2, 0.25) is 0 Å². The maximum atomic E-state index is 12.4. The molecule has 3 rings (SSSR count). The maximum absolute atomic E-state index is 12.4. The highest BCUT2D eigenvalue weighted by Gasteiger charge is 2.15. The molecule has 0 radical (unpaired) electrons. The number of amides is 2. The quantitative estimate of drug-likeness (QED) is 0.602. The maximum Gasteiger partial charge on any atom is 0.411 e. The average molecular weight is 427 g/mol. The summed E-state index contributed by atoms with van der Waals surface area (Å²) in [5, 5.41) is 10.4. The van der Waals surface area contributed by atoms with Crippen molar-refractivity contribution in [1.29, 1.82) is 0 Å². The van der Waals surface area contributed by atoms with Gasteiger partial charge in [0.15, 0.2) is 0 Å². The van der Waals surface area contributed by atoms with E-state index >= 15 is 0 Å². The van der Waals surface area contributed by atoms with Crippen LogP contribution in [0.4, 0.5) is 10.5 Å². The van der Waals surface area contributed by atoms with Crippen molar-refractivity contribution in [2.24, 2.45) is 7.05 Å². The Morgan fingerprint density at radius 2 is 1.80 bits per heavy atom. The Kier molecular flexibility index (Phi) is 6.74. The lowest BCUT2D eigenvalue weighted by Crippen LogP contribution is -2.28. The topological polar surface area (TPSA) is 85.3 Å². The second-order valence-corrected chi connectivity index (χ2v) is 7.38. The Balaban J connectivity index is 1.52. The Morgan fingerprint density at radius 1 is 1.13 bits per heavy atom. The van der Waals surface area contributed by atoms with E-state index in [-0.39, 0.29) is 18.6 Å². The minimum Gasteiger partial charge on any atom is -0.444 e. The third kappa shape index (κ3) is 5.61. The summed E-state index contributed by atoms with van der Waals surface area (Å²) in [6.07, 6.45) is -0.550. The number of carbonyl (C=O) groups excluding carboxylic acids is 2. The Morgan fingerprint density at radius 3 is 2.40 bits per heavy atom. The Labute approximate surface area is 180 Å². The van der Waals surface area contributed by atoms with Crippen LogP contribution in [0, 0.1) is 6.92 Å². The van der Waals surface area contributed by atoms with Crippen LogP contribution in [0.1, 0.15) is 40.3 Å². The molecule has 0 saturated heterocycles. The van der Waals surface area contributed by atoms with Crippen LogP contribution in [0.3, 0.4) is 0 Å². The molecule has 0 bridgehead atoms. The molecule has 3 aromatic rings. The van der Waals surface area contributed by atoms with Crippen LogP contribution in [-0.4, -0.2) is 21.8 Å². The van der Waals surface area contributed by atoms with Crippen LogP contribution in [0.15, 0.2) is 54.6 Å². The summed E-state index contributed by atoms with van der Waals surface area (Å²) in [6.45, 7) is 3.88. The number of hydrogen-bond acceptors (Lipinski definition) is 4. The molecule has 7 nitrogen and oxygen atoms in total. The highest BCUT2D eigenvalue weighted by atomic mass is 35.5. The summed E-state index contributed by atoms with van der Waals surface area (Å²) >= 11 is 5.84. The van der Waals surface area contributed by atoms with Crippen molar-refractivity contribution >= 4 is 29.3 Å². The van der Waals surface area contributed by atoms with Crippen molar-refractivity contribution in [3.05, 3.63) is 82.1 Å². The predicted octanol–water partition coefficient (Wildman–Crippen LogP) is 4.62. The van der Waals surface area contributed by atoms with Crippen LogP contribution in [0.5, 0.6) is 0 Å². The fourth-order valence-corrected chi connectivity index (χ4v) is 3.04. The SMILES string of the molecule is Cc1cc(C(=O)N[C@@H](C)c2ccc(NC(=O)OCc3ccc(Cl)cc3)cc2)n(C)n1. The van der Waals surface area contributed by atoms with E-state index in [9.17, 15) is 9.59 Å².